The molecule has 1 amide bonds. The van der Waals surface area contributed by atoms with E-state index in [2.05, 4.69) is 10.3 Å². The zero-order valence-electron chi connectivity index (χ0n) is 11.6. The normalized spacial score (nSPS) is 10.4. The Morgan fingerprint density at radius 1 is 1.47 bits per heavy atom. The zero-order valence-corrected chi connectivity index (χ0v) is 11.6. The second-order valence-corrected chi connectivity index (χ2v) is 4.73. The Morgan fingerprint density at radius 2 is 2.11 bits per heavy atom. The van der Waals surface area contributed by atoms with Crippen LogP contribution in [0.15, 0.2) is 12.3 Å². The summed E-state index contributed by atoms with van der Waals surface area (Å²) in [5.74, 6) is -1.21. The third-order valence-corrected chi connectivity index (χ3v) is 2.49. The summed E-state index contributed by atoms with van der Waals surface area (Å²) in [6.45, 7) is 5.62. The number of aromatic carboxylic acids is 1. The number of likely N-dealkylation sites (N-methyl/N-ethyl adjacent to an activating group) is 1. The van der Waals surface area contributed by atoms with Gasteiger partial charge in [-0.15, -0.1) is 0 Å². The third kappa shape index (κ3) is 4.24. The number of anilines is 1. The van der Waals surface area contributed by atoms with Crippen LogP contribution in [-0.2, 0) is 4.79 Å². The maximum absolute atomic E-state index is 11.7. The summed E-state index contributed by atoms with van der Waals surface area (Å²) in [4.78, 5) is 28.4. The Kier molecular flexibility index (Phi) is 4.86. The van der Waals surface area contributed by atoms with Crippen LogP contribution in [0.4, 0.5) is 5.69 Å². The molecule has 0 radical (unpaired) electrons. The minimum atomic E-state index is -1.06. The molecule has 1 aromatic heterocycles. The number of amides is 1. The molecule has 0 atom stereocenters. The second kappa shape index (κ2) is 6.17. The summed E-state index contributed by atoms with van der Waals surface area (Å²) in [7, 11) is 1.68. The standard InChI is InChI=1S/C13H19N3O3/c1-8(2)15-12(17)7-16(4)11-5-9(3)14-6-10(11)13(18)19/h5-6,8H,7H2,1-4H3,(H,15,17)(H,18,19). The first-order valence-corrected chi connectivity index (χ1v) is 6.01. The number of carboxylic acid groups (broad SMARTS) is 1. The van der Waals surface area contributed by atoms with E-state index in [1.165, 1.54) is 6.20 Å². The summed E-state index contributed by atoms with van der Waals surface area (Å²) in [5.41, 5.74) is 1.28. The molecular formula is C13H19N3O3. The van der Waals surface area contributed by atoms with Gasteiger partial charge >= 0.3 is 5.97 Å². The highest BCUT2D eigenvalue weighted by molar-refractivity contribution is 5.95. The maximum Gasteiger partial charge on any atom is 0.339 e. The van der Waals surface area contributed by atoms with E-state index in [0.717, 1.165) is 0 Å². The Hall–Kier alpha value is -2.11. The van der Waals surface area contributed by atoms with E-state index in [9.17, 15) is 9.59 Å². The molecule has 1 aromatic rings. The Bertz CT molecular complexity index is 486. The summed E-state index contributed by atoms with van der Waals surface area (Å²) < 4.78 is 0. The van der Waals surface area contributed by atoms with Crippen molar-refractivity contribution in [3.05, 3.63) is 23.5 Å². The first-order valence-electron chi connectivity index (χ1n) is 6.01. The quantitative estimate of drug-likeness (QED) is 0.831. The Morgan fingerprint density at radius 3 is 2.63 bits per heavy atom. The molecule has 0 saturated carbocycles. The van der Waals surface area contributed by atoms with Gasteiger partial charge in [-0.05, 0) is 26.8 Å². The number of carbonyl (C=O) groups is 2. The van der Waals surface area contributed by atoms with Gasteiger partial charge < -0.3 is 15.3 Å². The molecule has 0 bridgehead atoms. The lowest BCUT2D eigenvalue weighted by Crippen LogP contribution is -2.39. The van der Waals surface area contributed by atoms with Crippen LogP contribution in [-0.4, -0.2) is 41.6 Å². The first kappa shape index (κ1) is 14.9. The number of nitrogens with zero attached hydrogens (tertiary/aromatic N) is 2. The average Bonchev–Trinajstić information content (AvgIpc) is 2.26. The highest BCUT2D eigenvalue weighted by atomic mass is 16.4. The molecule has 0 saturated heterocycles. The van der Waals surface area contributed by atoms with Gasteiger partial charge in [-0.1, -0.05) is 0 Å². The van der Waals surface area contributed by atoms with Crippen molar-refractivity contribution in [2.75, 3.05) is 18.5 Å². The van der Waals surface area contributed by atoms with E-state index in [0.29, 0.717) is 11.4 Å². The Balaban J connectivity index is 2.92. The molecule has 0 aliphatic rings. The van der Waals surface area contributed by atoms with Gasteiger partial charge in [-0.2, -0.15) is 0 Å². The van der Waals surface area contributed by atoms with E-state index in [1.54, 1.807) is 24.9 Å². The van der Waals surface area contributed by atoms with Gasteiger partial charge in [0.15, 0.2) is 0 Å². The smallest absolute Gasteiger partial charge is 0.339 e. The predicted octanol–water partition coefficient (Wildman–Crippen LogP) is 1.05. The second-order valence-electron chi connectivity index (χ2n) is 4.73. The highest BCUT2D eigenvalue weighted by Gasteiger charge is 2.16. The van der Waals surface area contributed by atoms with Crippen LogP contribution in [0.2, 0.25) is 0 Å². The topological polar surface area (TPSA) is 82.5 Å². The molecule has 6 heteroatoms. The lowest BCUT2D eigenvalue weighted by molar-refractivity contribution is -0.120. The average molecular weight is 265 g/mol. The van der Waals surface area contributed by atoms with Crippen LogP contribution in [0.25, 0.3) is 0 Å². The number of pyridine rings is 1. The number of hydrogen-bond donors (Lipinski definition) is 2. The summed E-state index contributed by atoms with van der Waals surface area (Å²) >= 11 is 0. The van der Waals surface area contributed by atoms with Crippen molar-refractivity contribution in [3.63, 3.8) is 0 Å². The molecular weight excluding hydrogens is 246 g/mol. The van der Waals surface area contributed by atoms with Crippen molar-refractivity contribution in [2.45, 2.75) is 26.8 Å². The maximum atomic E-state index is 11.7. The summed E-state index contributed by atoms with van der Waals surface area (Å²) in [5, 5.41) is 11.9. The fourth-order valence-corrected chi connectivity index (χ4v) is 1.69. The number of hydrogen-bond acceptors (Lipinski definition) is 4. The van der Waals surface area contributed by atoms with Crippen LogP contribution in [0.5, 0.6) is 0 Å². The molecule has 0 fully saturated rings. The number of rotatable bonds is 5. The molecule has 0 aromatic carbocycles. The molecule has 1 rings (SSSR count). The van der Waals surface area contributed by atoms with Crippen molar-refractivity contribution in [2.24, 2.45) is 0 Å². The van der Waals surface area contributed by atoms with Crippen LogP contribution < -0.4 is 10.2 Å². The van der Waals surface area contributed by atoms with Gasteiger partial charge in [0.2, 0.25) is 5.91 Å². The lowest BCUT2D eigenvalue weighted by atomic mass is 10.2. The van der Waals surface area contributed by atoms with Crippen LogP contribution in [0.1, 0.15) is 29.9 Å². The molecule has 19 heavy (non-hydrogen) atoms. The van der Waals surface area contributed by atoms with E-state index >= 15 is 0 Å². The van der Waals surface area contributed by atoms with Gasteiger partial charge in [0.05, 0.1) is 12.2 Å². The monoisotopic (exact) mass is 265 g/mol. The van der Waals surface area contributed by atoms with E-state index < -0.39 is 5.97 Å². The van der Waals surface area contributed by atoms with Gasteiger partial charge in [-0.3, -0.25) is 9.78 Å². The van der Waals surface area contributed by atoms with Crippen molar-refractivity contribution in [1.82, 2.24) is 10.3 Å². The third-order valence-electron chi connectivity index (χ3n) is 2.49. The number of carboxylic acids is 1. The minimum Gasteiger partial charge on any atom is -0.478 e. The lowest BCUT2D eigenvalue weighted by Gasteiger charge is -2.21. The minimum absolute atomic E-state index is 0.0546. The molecule has 1 heterocycles. The highest BCUT2D eigenvalue weighted by Crippen LogP contribution is 2.19. The van der Waals surface area contributed by atoms with Crippen molar-refractivity contribution >= 4 is 17.6 Å². The van der Waals surface area contributed by atoms with Crippen LogP contribution in [0.3, 0.4) is 0 Å². The molecule has 2 N–H and O–H groups in total. The van der Waals surface area contributed by atoms with E-state index in [1.807, 2.05) is 13.8 Å². The molecule has 6 nitrogen and oxygen atoms in total. The number of aromatic nitrogens is 1. The summed E-state index contributed by atoms with van der Waals surface area (Å²) in [6, 6.07) is 1.71. The molecule has 0 unspecified atom stereocenters. The number of nitrogens with one attached hydrogen (secondary N) is 1. The number of carbonyl (C=O) groups excluding carboxylic acids is 1. The largest absolute Gasteiger partial charge is 0.478 e. The first-order chi connectivity index (χ1) is 8.81. The predicted molar refractivity (Wildman–Crippen MR) is 72.5 cm³/mol. The van der Waals surface area contributed by atoms with Gasteiger partial charge in [0, 0.05) is 25.0 Å². The zero-order chi connectivity index (χ0) is 14.6. The number of aryl methyl sites for hydroxylation is 1. The molecule has 0 aliphatic carbocycles. The molecule has 104 valence electrons. The summed E-state index contributed by atoms with van der Waals surface area (Å²) in [6.07, 6.45) is 1.31. The van der Waals surface area contributed by atoms with Crippen LogP contribution in [0, 0.1) is 6.92 Å². The van der Waals surface area contributed by atoms with Gasteiger partial charge in [0.25, 0.3) is 0 Å². The van der Waals surface area contributed by atoms with Crippen molar-refractivity contribution in [1.29, 1.82) is 0 Å². The van der Waals surface area contributed by atoms with Gasteiger partial charge in [-0.25, -0.2) is 4.79 Å². The fourth-order valence-electron chi connectivity index (χ4n) is 1.69. The molecule has 0 aliphatic heterocycles. The van der Waals surface area contributed by atoms with Gasteiger partial charge in [0.1, 0.15) is 5.56 Å². The molecule has 0 spiro atoms. The fraction of sp³-hybridized carbons (Fsp3) is 0.462. The van der Waals surface area contributed by atoms with E-state index in [4.69, 9.17) is 5.11 Å². The SMILES string of the molecule is Cc1cc(N(C)CC(=O)NC(C)C)c(C(=O)O)cn1. The van der Waals surface area contributed by atoms with E-state index in [-0.39, 0.29) is 24.1 Å². The Labute approximate surface area is 112 Å². The van der Waals surface area contributed by atoms with Crippen molar-refractivity contribution in [3.8, 4) is 0 Å². The van der Waals surface area contributed by atoms with Crippen LogP contribution >= 0.6 is 0 Å². The van der Waals surface area contributed by atoms with Crippen molar-refractivity contribution < 1.29 is 14.7 Å².